The number of carbonyl (C=O) groups is 1. The van der Waals surface area contributed by atoms with Gasteiger partial charge in [0.15, 0.2) is 6.61 Å². The molecule has 0 fully saturated rings. The van der Waals surface area contributed by atoms with Crippen LogP contribution in [0.5, 0.6) is 5.75 Å². The average molecular weight is 289 g/mol. The molecule has 0 saturated heterocycles. The Hall–Kier alpha value is -2.44. The molecular formula is C14H19N5O2. The van der Waals surface area contributed by atoms with Crippen molar-refractivity contribution in [3.63, 3.8) is 0 Å². The third kappa shape index (κ3) is 4.27. The minimum absolute atomic E-state index is 0.00440. The van der Waals surface area contributed by atoms with E-state index in [0.29, 0.717) is 5.75 Å². The first kappa shape index (κ1) is 15.0. The highest BCUT2D eigenvalue weighted by Gasteiger charge is 2.09. The maximum absolute atomic E-state index is 11.8. The van der Waals surface area contributed by atoms with E-state index in [9.17, 15) is 4.79 Å². The lowest BCUT2D eigenvalue weighted by Crippen LogP contribution is -2.37. The molecule has 0 bridgehead atoms. The van der Waals surface area contributed by atoms with Gasteiger partial charge >= 0.3 is 0 Å². The topological polar surface area (TPSA) is 81.9 Å². The lowest BCUT2D eigenvalue weighted by atomic mass is 10.2. The van der Waals surface area contributed by atoms with Crippen molar-refractivity contribution in [1.82, 2.24) is 25.5 Å². The molecule has 7 heteroatoms. The van der Waals surface area contributed by atoms with E-state index < -0.39 is 0 Å². The summed E-state index contributed by atoms with van der Waals surface area (Å²) in [6.07, 6.45) is 3.33. The van der Waals surface area contributed by atoms with Crippen molar-refractivity contribution < 1.29 is 9.53 Å². The van der Waals surface area contributed by atoms with Crippen LogP contribution in [0.1, 0.15) is 26.7 Å². The van der Waals surface area contributed by atoms with Crippen LogP contribution >= 0.6 is 0 Å². The monoisotopic (exact) mass is 289 g/mol. The molecular weight excluding hydrogens is 270 g/mol. The molecule has 2 rings (SSSR count). The third-order valence-corrected chi connectivity index (χ3v) is 3.15. The van der Waals surface area contributed by atoms with Crippen LogP contribution < -0.4 is 10.1 Å². The van der Waals surface area contributed by atoms with Gasteiger partial charge in [0, 0.05) is 12.1 Å². The number of hydrogen-bond acceptors (Lipinski definition) is 5. The van der Waals surface area contributed by atoms with Crippen molar-refractivity contribution in [3.8, 4) is 11.4 Å². The number of nitrogens with zero attached hydrogens (tertiary/aromatic N) is 4. The predicted octanol–water partition coefficient (Wildman–Crippen LogP) is 1.35. The Labute approximate surface area is 123 Å². The minimum Gasteiger partial charge on any atom is -0.484 e. The number of hydrogen-bond donors (Lipinski definition) is 1. The molecule has 1 aromatic heterocycles. The van der Waals surface area contributed by atoms with Crippen LogP contribution in [0.4, 0.5) is 0 Å². The van der Waals surface area contributed by atoms with Crippen LogP contribution in [-0.4, -0.2) is 38.8 Å². The maximum atomic E-state index is 11.8. The molecule has 1 aromatic carbocycles. The fourth-order valence-electron chi connectivity index (χ4n) is 1.91. The molecule has 1 amide bonds. The smallest absolute Gasteiger partial charge is 0.258 e. The number of rotatable bonds is 7. The number of amides is 1. The average Bonchev–Trinajstić information content (AvgIpc) is 3.05. The van der Waals surface area contributed by atoms with E-state index in [1.165, 1.54) is 11.0 Å². The first-order valence-corrected chi connectivity index (χ1v) is 6.98. The summed E-state index contributed by atoms with van der Waals surface area (Å²) >= 11 is 0. The first-order chi connectivity index (χ1) is 10.2. The zero-order chi connectivity index (χ0) is 15.1. The number of ether oxygens (including phenoxy) is 1. The summed E-state index contributed by atoms with van der Waals surface area (Å²) in [5.41, 5.74) is 0.776. The molecule has 1 N–H and O–H groups in total. The second kappa shape index (κ2) is 7.37. The summed E-state index contributed by atoms with van der Waals surface area (Å²) in [6.45, 7) is 4.09. The zero-order valence-corrected chi connectivity index (χ0v) is 12.2. The molecule has 2 aromatic rings. The Morgan fingerprint density at radius 1 is 1.38 bits per heavy atom. The van der Waals surface area contributed by atoms with Crippen molar-refractivity contribution in [1.29, 1.82) is 0 Å². The van der Waals surface area contributed by atoms with Gasteiger partial charge in [0.2, 0.25) is 0 Å². The van der Waals surface area contributed by atoms with Crippen LogP contribution in [0.15, 0.2) is 30.6 Å². The van der Waals surface area contributed by atoms with Crippen molar-refractivity contribution in [2.45, 2.75) is 32.7 Å². The lowest BCUT2D eigenvalue weighted by Gasteiger charge is -2.15. The lowest BCUT2D eigenvalue weighted by molar-refractivity contribution is -0.123. The van der Waals surface area contributed by atoms with Gasteiger partial charge in [-0.15, -0.1) is 5.10 Å². The van der Waals surface area contributed by atoms with E-state index in [-0.39, 0.29) is 18.6 Å². The summed E-state index contributed by atoms with van der Waals surface area (Å²) in [5, 5.41) is 13.9. The molecule has 1 heterocycles. The van der Waals surface area contributed by atoms with E-state index in [2.05, 4.69) is 20.8 Å². The molecule has 7 nitrogen and oxygen atoms in total. The highest BCUT2D eigenvalue weighted by atomic mass is 16.5. The molecule has 0 spiro atoms. The van der Waals surface area contributed by atoms with Crippen molar-refractivity contribution in [2.75, 3.05) is 6.61 Å². The van der Waals surface area contributed by atoms with E-state index in [1.807, 2.05) is 26.0 Å². The van der Waals surface area contributed by atoms with Gasteiger partial charge in [-0.3, -0.25) is 4.79 Å². The fourth-order valence-corrected chi connectivity index (χ4v) is 1.91. The normalized spacial score (nSPS) is 10.6. The van der Waals surface area contributed by atoms with Crippen LogP contribution in [0.3, 0.4) is 0 Å². The van der Waals surface area contributed by atoms with Crippen molar-refractivity contribution >= 4 is 5.91 Å². The first-order valence-electron chi connectivity index (χ1n) is 6.98. The number of carbonyl (C=O) groups excluding carboxylic acids is 1. The van der Waals surface area contributed by atoms with Gasteiger partial charge in [0.1, 0.15) is 12.1 Å². The van der Waals surface area contributed by atoms with E-state index in [4.69, 9.17) is 4.74 Å². The standard InChI is InChI=1S/C14H19N5O2/c1-3-11(4-2)16-14(20)9-21-13-7-5-6-12(8-13)19-10-15-17-18-19/h5-8,10-11H,3-4,9H2,1-2H3,(H,16,20). The fraction of sp³-hybridized carbons (Fsp3) is 0.429. The number of nitrogens with one attached hydrogen (secondary N) is 1. The molecule has 0 aliphatic rings. The number of tetrazole rings is 1. The second-order valence-corrected chi connectivity index (χ2v) is 4.62. The highest BCUT2D eigenvalue weighted by Crippen LogP contribution is 2.15. The molecule has 0 atom stereocenters. The van der Waals surface area contributed by atoms with Gasteiger partial charge in [0.25, 0.3) is 5.91 Å². The number of benzene rings is 1. The SMILES string of the molecule is CCC(CC)NC(=O)COc1cccc(-n2cnnn2)c1. The zero-order valence-electron chi connectivity index (χ0n) is 12.2. The third-order valence-electron chi connectivity index (χ3n) is 3.15. The minimum atomic E-state index is -0.114. The van der Waals surface area contributed by atoms with Gasteiger partial charge in [-0.05, 0) is 35.4 Å². The largest absolute Gasteiger partial charge is 0.484 e. The molecule has 0 unspecified atom stereocenters. The molecule has 112 valence electrons. The summed E-state index contributed by atoms with van der Waals surface area (Å²) in [6, 6.07) is 7.45. The second-order valence-electron chi connectivity index (χ2n) is 4.62. The molecule has 0 saturated carbocycles. The quantitative estimate of drug-likeness (QED) is 0.832. The molecule has 0 aliphatic carbocycles. The van der Waals surface area contributed by atoms with Crippen molar-refractivity contribution in [2.24, 2.45) is 0 Å². The summed E-state index contributed by atoms with van der Waals surface area (Å²) in [7, 11) is 0. The number of aromatic nitrogens is 4. The summed E-state index contributed by atoms with van der Waals surface area (Å²) < 4.78 is 7.03. The molecule has 0 aliphatic heterocycles. The summed E-state index contributed by atoms with van der Waals surface area (Å²) in [5.74, 6) is 0.485. The Bertz CT molecular complexity index is 567. The van der Waals surface area contributed by atoms with Gasteiger partial charge in [-0.1, -0.05) is 19.9 Å². The molecule has 21 heavy (non-hydrogen) atoms. The van der Waals surface area contributed by atoms with Crippen LogP contribution in [0, 0.1) is 0 Å². The maximum Gasteiger partial charge on any atom is 0.258 e. The Kier molecular flexibility index (Phi) is 5.25. The van der Waals surface area contributed by atoms with E-state index in [1.54, 1.807) is 12.1 Å². The van der Waals surface area contributed by atoms with E-state index >= 15 is 0 Å². The Morgan fingerprint density at radius 2 is 2.19 bits per heavy atom. The van der Waals surface area contributed by atoms with Gasteiger partial charge in [-0.2, -0.15) is 0 Å². The highest BCUT2D eigenvalue weighted by molar-refractivity contribution is 5.77. The van der Waals surface area contributed by atoms with Gasteiger partial charge in [0.05, 0.1) is 5.69 Å². The Balaban J connectivity index is 1.92. The van der Waals surface area contributed by atoms with Gasteiger partial charge < -0.3 is 10.1 Å². The van der Waals surface area contributed by atoms with Gasteiger partial charge in [-0.25, -0.2) is 4.68 Å². The van der Waals surface area contributed by atoms with Crippen LogP contribution in [0.25, 0.3) is 5.69 Å². The van der Waals surface area contributed by atoms with E-state index in [0.717, 1.165) is 18.5 Å². The Morgan fingerprint density at radius 3 is 2.86 bits per heavy atom. The van der Waals surface area contributed by atoms with Crippen molar-refractivity contribution in [3.05, 3.63) is 30.6 Å². The van der Waals surface area contributed by atoms with Crippen LogP contribution in [0.2, 0.25) is 0 Å². The summed E-state index contributed by atoms with van der Waals surface area (Å²) in [4.78, 5) is 11.8. The molecule has 0 radical (unpaired) electrons. The predicted molar refractivity (Wildman–Crippen MR) is 77.2 cm³/mol. The van der Waals surface area contributed by atoms with Crippen LogP contribution in [-0.2, 0) is 4.79 Å².